The molecule has 1 aromatic rings. The Hall–Kier alpha value is -0.770. The van der Waals surface area contributed by atoms with Crippen LogP contribution in [0.2, 0.25) is 0 Å². The van der Waals surface area contributed by atoms with Gasteiger partial charge in [-0.05, 0) is 32.0 Å². The molecule has 114 valence electrons. The van der Waals surface area contributed by atoms with Crippen LogP contribution in [-0.2, 0) is 23.7 Å². The van der Waals surface area contributed by atoms with Gasteiger partial charge in [0.15, 0.2) is 4.77 Å². The summed E-state index contributed by atoms with van der Waals surface area (Å²) in [6.07, 6.45) is 3.03. The van der Waals surface area contributed by atoms with Gasteiger partial charge in [0.05, 0.1) is 12.9 Å². The Balaban J connectivity index is 2.03. The summed E-state index contributed by atoms with van der Waals surface area (Å²) in [4.78, 5) is 2.18. The molecule has 0 saturated carbocycles. The zero-order chi connectivity index (χ0) is 14.9. The summed E-state index contributed by atoms with van der Waals surface area (Å²) in [5.41, 5.74) is 0. The number of sulfonamides is 1. The molecule has 0 amide bonds. The average molecular weight is 319 g/mol. The van der Waals surface area contributed by atoms with Crippen LogP contribution in [0.15, 0.2) is 0 Å². The summed E-state index contributed by atoms with van der Waals surface area (Å²) in [5, 5.41) is 4.40. The number of likely N-dealkylation sites (tertiary alicyclic amines) is 1. The van der Waals surface area contributed by atoms with Gasteiger partial charge in [-0.2, -0.15) is 5.10 Å². The second-order valence-electron chi connectivity index (χ2n) is 5.34. The van der Waals surface area contributed by atoms with E-state index >= 15 is 0 Å². The highest BCUT2D eigenvalue weighted by Gasteiger charge is 2.23. The number of hydrogen-bond acceptors (Lipinski definition) is 5. The first-order valence-corrected chi connectivity index (χ1v) is 8.86. The van der Waals surface area contributed by atoms with Crippen molar-refractivity contribution in [1.29, 1.82) is 0 Å². The van der Waals surface area contributed by atoms with Crippen LogP contribution in [0.25, 0.3) is 0 Å². The van der Waals surface area contributed by atoms with Gasteiger partial charge in [-0.3, -0.25) is 4.90 Å². The van der Waals surface area contributed by atoms with Crippen molar-refractivity contribution in [1.82, 2.24) is 24.0 Å². The van der Waals surface area contributed by atoms with E-state index in [4.69, 9.17) is 12.2 Å². The molecule has 1 aromatic heterocycles. The number of aryl methyl sites for hydroxylation is 1. The molecule has 0 unspecified atom stereocenters. The number of rotatable bonds is 4. The Bertz CT molecular complexity index is 634. The first-order valence-electron chi connectivity index (χ1n) is 6.56. The quantitative estimate of drug-likeness (QED) is 0.805. The fourth-order valence-electron chi connectivity index (χ4n) is 2.46. The van der Waals surface area contributed by atoms with Crippen molar-refractivity contribution in [2.24, 2.45) is 7.05 Å². The summed E-state index contributed by atoms with van der Waals surface area (Å²) in [6, 6.07) is -0.0299. The molecule has 2 rings (SSSR count). The molecule has 1 atom stereocenters. The average Bonchev–Trinajstić information content (AvgIpc) is 2.55. The van der Waals surface area contributed by atoms with E-state index in [-0.39, 0.29) is 6.04 Å². The maximum absolute atomic E-state index is 11.3. The number of piperidine rings is 1. The summed E-state index contributed by atoms with van der Waals surface area (Å²) in [7, 11) is -1.26. The smallest absolute Gasteiger partial charge is 0.208 e. The van der Waals surface area contributed by atoms with Crippen LogP contribution in [0.4, 0.5) is 0 Å². The molecule has 0 aliphatic carbocycles. The van der Waals surface area contributed by atoms with Crippen LogP contribution in [0, 0.1) is 11.7 Å². The second kappa shape index (κ2) is 5.92. The fraction of sp³-hybridized carbons (Fsp3) is 0.818. The van der Waals surface area contributed by atoms with Crippen molar-refractivity contribution in [2.45, 2.75) is 32.5 Å². The highest BCUT2D eigenvalue weighted by Crippen LogP contribution is 2.12. The lowest BCUT2D eigenvalue weighted by atomic mass is 10.1. The molecule has 0 spiro atoms. The molecule has 2 heterocycles. The molecular weight excluding hydrogens is 298 g/mol. The van der Waals surface area contributed by atoms with E-state index in [1.807, 2.05) is 18.5 Å². The molecule has 1 aliphatic rings. The highest BCUT2D eigenvalue weighted by molar-refractivity contribution is 7.88. The predicted molar refractivity (Wildman–Crippen MR) is 79.3 cm³/mol. The van der Waals surface area contributed by atoms with Crippen molar-refractivity contribution in [3.8, 4) is 0 Å². The number of aromatic nitrogens is 3. The summed E-state index contributed by atoms with van der Waals surface area (Å²) >= 11 is 5.32. The third-order valence-corrected chi connectivity index (χ3v) is 4.72. The van der Waals surface area contributed by atoms with E-state index < -0.39 is 10.0 Å². The van der Waals surface area contributed by atoms with Crippen molar-refractivity contribution in [3.63, 3.8) is 0 Å². The fourth-order valence-corrected chi connectivity index (χ4v) is 3.49. The molecule has 20 heavy (non-hydrogen) atoms. The molecule has 1 saturated heterocycles. The minimum absolute atomic E-state index is 0.0299. The van der Waals surface area contributed by atoms with E-state index in [1.54, 1.807) is 4.68 Å². The minimum atomic E-state index is -3.15. The van der Waals surface area contributed by atoms with E-state index in [2.05, 4.69) is 14.7 Å². The number of hydrogen-bond donors (Lipinski definition) is 1. The van der Waals surface area contributed by atoms with Gasteiger partial charge in [-0.25, -0.2) is 17.8 Å². The molecule has 9 heteroatoms. The lowest BCUT2D eigenvalue weighted by Crippen LogP contribution is -2.47. The van der Waals surface area contributed by atoms with Crippen LogP contribution < -0.4 is 4.72 Å². The van der Waals surface area contributed by atoms with Crippen LogP contribution in [0.1, 0.15) is 18.7 Å². The predicted octanol–water partition coefficient (Wildman–Crippen LogP) is 0.231. The zero-order valence-electron chi connectivity index (χ0n) is 12.0. The molecule has 1 aliphatic heterocycles. The Morgan fingerprint density at radius 3 is 2.75 bits per heavy atom. The lowest BCUT2D eigenvalue weighted by molar-refractivity contribution is 0.152. The van der Waals surface area contributed by atoms with Crippen molar-refractivity contribution >= 4 is 22.2 Å². The lowest BCUT2D eigenvalue weighted by Gasteiger charge is -2.32. The topological polar surface area (TPSA) is 72.2 Å². The Morgan fingerprint density at radius 2 is 2.20 bits per heavy atom. The van der Waals surface area contributed by atoms with E-state index in [0.29, 0.717) is 18.0 Å². The van der Waals surface area contributed by atoms with Crippen molar-refractivity contribution in [2.75, 3.05) is 19.3 Å². The normalized spacial score (nSPS) is 21.2. The van der Waals surface area contributed by atoms with Crippen molar-refractivity contribution < 1.29 is 8.42 Å². The summed E-state index contributed by atoms with van der Waals surface area (Å²) < 4.78 is 29.6. The SMILES string of the molecule is Cc1nn(CN2CCC[C@H](NS(C)(=O)=O)C2)c(=S)n1C. The van der Waals surface area contributed by atoms with Gasteiger partial charge in [0.25, 0.3) is 0 Å². The van der Waals surface area contributed by atoms with Crippen LogP contribution in [0.3, 0.4) is 0 Å². The molecular formula is C11H21N5O2S2. The standard InChI is InChI=1S/C11H21N5O2S2/c1-9-12-16(11(19)14(9)2)8-15-6-4-5-10(7-15)13-20(3,17)18/h10,13H,4-8H2,1-3H3/t10-/m0/s1. The second-order valence-corrected chi connectivity index (χ2v) is 7.48. The maximum atomic E-state index is 11.3. The zero-order valence-corrected chi connectivity index (χ0v) is 13.7. The molecule has 1 N–H and O–H groups in total. The van der Waals surface area contributed by atoms with Crippen molar-refractivity contribution in [3.05, 3.63) is 10.6 Å². The van der Waals surface area contributed by atoms with Gasteiger partial charge in [0, 0.05) is 26.2 Å². The van der Waals surface area contributed by atoms with Crippen LogP contribution in [-0.4, -0.2) is 53.1 Å². The van der Waals surface area contributed by atoms with Gasteiger partial charge < -0.3 is 4.57 Å². The van der Waals surface area contributed by atoms with Gasteiger partial charge >= 0.3 is 0 Å². The molecule has 0 radical (unpaired) electrons. The molecule has 1 fully saturated rings. The van der Waals surface area contributed by atoms with E-state index in [1.165, 1.54) is 6.26 Å². The van der Waals surface area contributed by atoms with Gasteiger partial charge in [0.2, 0.25) is 10.0 Å². The van der Waals surface area contributed by atoms with Crippen LogP contribution >= 0.6 is 12.2 Å². The largest absolute Gasteiger partial charge is 0.307 e. The monoisotopic (exact) mass is 319 g/mol. The molecule has 0 bridgehead atoms. The number of nitrogens with one attached hydrogen (secondary N) is 1. The van der Waals surface area contributed by atoms with E-state index in [9.17, 15) is 8.42 Å². The van der Waals surface area contributed by atoms with Crippen LogP contribution in [0.5, 0.6) is 0 Å². The van der Waals surface area contributed by atoms with Gasteiger partial charge in [-0.15, -0.1) is 0 Å². The third kappa shape index (κ3) is 3.87. The Kier molecular flexibility index (Phi) is 4.62. The third-order valence-electron chi connectivity index (χ3n) is 3.48. The number of nitrogens with zero attached hydrogens (tertiary/aromatic N) is 4. The van der Waals surface area contributed by atoms with Gasteiger partial charge in [-0.1, -0.05) is 0 Å². The summed E-state index contributed by atoms with van der Waals surface area (Å²) in [5.74, 6) is 0.873. The Labute approximate surface area is 124 Å². The molecule has 0 aromatic carbocycles. The maximum Gasteiger partial charge on any atom is 0.208 e. The van der Waals surface area contributed by atoms with E-state index in [0.717, 1.165) is 25.2 Å². The molecule has 7 nitrogen and oxygen atoms in total. The van der Waals surface area contributed by atoms with Gasteiger partial charge in [0.1, 0.15) is 5.82 Å². The highest BCUT2D eigenvalue weighted by atomic mass is 32.2. The summed E-state index contributed by atoms with van der Waals surface area (Å²) in [6.45, 7) is 4.13. The minimum Gasteiger partial charge on any atom is -0.307 e. The first kappa shape index (κ1) is 15.6. The Morgan fingerprint density at radius 1 is 1.50 bits per heavy atom. The first-order chi connectivity index (χ1) is 9.26.